The molecule has 3 heterocycles. The molecule has 142 valence electrons. The number of fused-ring (bicyclic) bond motifs is 1. The number of nitrogens with zero attached hydrogens (tertiary/aromatic N) is 5. The summed E-state index contributed by atoms with van der Waals surface area (Å²) in [7, 11) is 4.01. The minimum atomic E-state index is -0.181. The van der Waals surface area contributed by atoms with Gasteiger partial charge in [0.05, 0.1) is 11.1 Å². The second-order valence-electron chi connectivity index (χ2n) is 8.37. The maximum absolute atomic E-state index is 13.0. The maximum atomic E-state index is 13.0. The molecule has 2 aliphatic heterocycles. The van der Waals surface area contributed by atoms with E-state index in [9.17, 15) is 4.79 Å². The van der Waals surface area contributed by atoms with E-state index in [2.05, 4.69) is 16.7 Å². The van der Waals surface area contributed by atoms with E-state index in [1.807, 2.05) is 19.0 Å². The smallest absolute Gasteiger partial charge is 0.230 e. The molecule has 26 heavy (non-hydrogen) atoms. The summed E-state index contributed by atoms with van der Waals surface area (Å²) < 4.78 is 0. The molecule has 6 nitrogen and oxygen atoms in total. The summed E-state index contributed by atoms with van der Waals surface area (Å²) >= 11 is 0. The monoisotopic (exact) mass is 357 g/mol. The van der Waals surface area contributed by atoms with Crippen LogP contribution < -0.4 is 9.80 Å². The van der Waals surface area contributed by atoms with Crippen molar-refractivity contribution in [1.29, 1.82) is 0 Å². The second-order valence-corrected chi connectivity index (χ2v) is 8.37. The van der Waals surface area contributed by atoms with Crippen LogP contribution in [0.2, 0.25) is 0 Å². The molecular weight excluding hydrogens is 326 g/mol. The second kappa shape index (κ2) is 6.71. The predicted molar refractivity (Wildman–Crippen MR) is 104 cm³/mol. The van der Waals surface area contributed by atoms with Crippen LogP contribution >= 0.6 is 0 Å². The van der Waals surface area contributed by atoms with Crippen molar-refractivity contribution in [3.05, 3.63) is 11.3 Å². The summed E-state index contributed by atoms with van der Waals surface area (Å²) in [5.74, 6) is 2.27. The Morgan fingerprint density at radius 2 is 1.88 bits per heavy atom. The van der Waals surface area contributed by atoms with Gasteiger partial charge in [0.15, 0.2) is 0 Å². The Bertz CT molecular complexity index is 704. The third-order valence-corrected chi connectivity index (χ3v) is 6.30. The van der Waals surface area contributed by atoms with Crippen molar-refractivity contribution < 1.29 is 4.79 Å². The highest BCUT2D eigenvalue weighted by molar-refractivity contribution is 5.86. The molecule has 1 unspecified atom stereocenters. The molecule has 2 fully saturated rings. The molecule has 1 aromatic heterocycles. The fourth-order valence-corrected chi connectivity index (χ4v) is 4.83. The minimum Gasteiger partial charge on any atom is -0.355 e. The van der Waals surface area contributed by atoms with E-state index in [0.29, 0.717) is 5.91 Å². The molecule has 3 aliphatic rings. The molecule has 1 amide bonds. The summed E-state index contributed by atoms with van der Waals surface area (Å²) in [6, 6.07) is 0. The molecule has 1 aromatic rings. The summed E-state index contributed by atoms with van der Waals surface area (Å²) in [6.45, 7) is 5.72. The van der Waals surface area contributed by atoms with E-state index in [-0.39, 0.29) is 5.41 Å². The summed E-state index contributed by atoms with van der Waals surface area (Å²) in [5.41, 5.74) is 2.37. The van der Waals surface area contributed by atoms with Gasteiger partial charge in [-0.05, 0) is 44.9 Å². The average Bonchev–Trinajstić information content (AvgIpc) is 3.21. The number of likely N-dealkylation sites (tertiary alicyclic amines) is 1. The van der Waals surface area contributed by atoms with Crippen LogP contribution in [0.3, 0.4) is 0 Å². The molecule has 4 rings (SSSR count). The largest absolute Gasteiger partial charge is 0.355 e. The van der Waals surface area contributed by atoms with Crippen molar-refractivity contribution in [1.82, 2.24) is 14.9 Å². The fraction of sp³-hybridized carbons (Fsp3) is 0.750. The third-order valence-electron chi connectivity index (χ3n) is 6.30. The van der Waals surface area contributed by atoms with E-state index in [0.717, 1.165) is 70.0 Å². The highest BCUT2D eigenvalue weighted by Crippen LogP contribution is 2.43. The molecule has 6 heteroatoms. The quantitative estimate of drug-likeness (QED) is 0.827. The fourth-order valence-electron chi connectivity index (χ4n) is 4.83. The van der Waals surface area contributed by atoms with Gasteiger partial charge in [-0.3, -0.25) is 4.79 Å². The lowest BCUT2D eigenvalue weighted by Gasteiger charge is -2.28. The molecule has 0 bridgehead atoms. The molecule has 0 radical (unpaired) electrons. The molecule has 0 N–H and O–H groups in total. The Hall–Kier alpha value is -1.85. The van der Waals surface area contributed by atoms with Crippen LogP contribution in [0.15, 0.2) is 0 Å². The Morgan fingerprint density at radius 3 is 2.65 bits per heavy atom. The summed E-state index contributed by atoms with van der Waals surface area (Å²) in [4.78, 5) is 29.2. The predicted octanol–water partition coefficient (Wildman–Crippen LogP) is 2.26. The van der Waals surface area contributed by atoms with Crippen molar-refractivity contribution in [3.63, 3.8) is 0 Å². The van der Waals surface area contributed by atoms with Gasteiger partial charge >= 0.3 is 0 Å². The number of amides is 1. The van der Waals surface area contributed by atoms with Gasteiger partial charge in [-0.1, -0.05) is 6.92 Å². The molecule has 2 saturated heterocycles. The highest BCUT2D eigenvalue weighted by Gasteiger charge is 2.51. The van der Waals surface area contributed by atoms with Gasteiger partial charge in [-0.15, -0.1) is 0 Å². The Labute approximate surface area is 156 Å². The van der Waals surface area contributed by atoms with Crippen LogP contribution in [0.1, 0.15) is 50.3 Å². The Balaban J connectivity index is 1.63. The van der Waals surface area contributed by atoms with Gasteiger partial charge in [-0.2, -0.15) is 4.98 Å². The van der Waals surface area contributed by atoms with Gasteiger partial charge in [-0.25, -0.2) is 4.98 Å². The van der Waals surface area contributed by atoms with E-state index in [1.165, 1.54) is 24.1 Å². The van der Waals surface area contributed by atoms with Crippen LogP contribution in [0.25, 0.3) is 0 Å². The number of carbonyl (C=O) groups excluding carboxylic acids is 1. The van der Waals surface area contributed by atoms with Crippen LogP contribution in [-0.4, -0.2) is 61.0 Å². The van der Waals surface area contributed by atoms with Crippen molar-refractivity contribution >= 4 is 17.7 Å². The van der Waals surface area contributed by atoms with Gasteiger partial charge in [0.2, 0.25) is 11.9 Å². The normalized spacial score (nSPS) is 25.3. The number of hydrogen-bond donors (Lipinski definition) is 0. The van der Waals surface area contributed by atoms with Crippen LogP contribution in [-0.2, 0) is 17.6 Å². The standard InChI is InChI=1S/C20H31N5O/c1-4-11-24-12-9-20(18(24)26)10-13-25(14-20)17-15-7-5-6-8-16(15)21-19(22-17)23(2)3/h4-14H2,1-3H3. The summed E-state index contributed by atoms with van der Waals surface area (Å²) in [6.07, 6.45) is 7.54. The van der Waals surface area contributed by atoms with Crippen molar-refractivity contribution in [2.75, 3.05) is 50.1 Å². The first-order valence-electron chi connectivity index (χ1n) is 10.2. The van der Waals surface area contributed by atoms with Crippen molar-refractivity contribution in [3.8, 4) is 0 Å². The number of carbonyl (C=O) groups is 1. The zero-order valence-electron chi connectivity index (χ0n) is 16.4. The minimum absolute atomic E-state index is 0.181. The lowest BCUT2D eigenvalue weighted by atomic mass is 9.85. The van der Waals surface area contributed by atoms with Crippen molar-refractivity contribution in [2.45, 2.75) is 51.9 Å². The molecule has 1 aliphatic carbocycles. The topological polar surface area (TPSA) is 52.6 Å². The molecule has 0 saturated carbocycles. The lowest BCUT2D eigenvalue weighted by Crippen LogP contribution is -2.37. The molecule has 0 aromatic carbocycles. The summed E-state index contributed by atoms with van der Waals surface area (Å²) in [5, 5.41) is 0. The first-order chi connectivity index (χ1) is 12.5. The van der Waals surface area contributed by atoms with E-state index >= 15 is 0 Å². The first kappa shape index (κ1) is 17.6. The Kier molecular flexibility index (Phi) is 4.53. The van der Waals surface area contributed by atoms with Crippen LogP contribution in [0, 0.1) is 5.41 Å². The van der Waals surface area contributed by atoms with E-state index in [1.54, 1.807) is 0 Å². The van der Waals surface area contributed by atoms with Gasteiger partial charge in [0.25, 0.3) is 0 Å². The van der Waals surface area contributed by atoms with Gasteiger partial charge in [0, 0.05) is 45.8 Å². The average molecular weight is 358 g/mol. The van der Waals surface area contributed by atoms with Crippen molar-refractivity contribution in [2.24, 2.45) is 5.41 Å². The number of anilines is 2. The zero-order chi connectivity index (χ0) is 18.3. The molecular formula is C20H31N5O. The van der Waals surface area contributed by atoms with Crippen LogP contribution in [0.4, 0.5) is 11.8 Å². The van der Waals surface area contributed by atoms with Crippen LogP contribution in [0.5, 0.6) is 0 Å². The maximum Gasteiger partial charge on any atom is 0.230 e. The first-order valence-corrected chi connectivity index (χ1v) is 10.2. The third kappa shape index (κ3) is 2.83. The van der Waals surface area contributed by atoms with E-state index in [4.69, 9.17) is 9.97 Å². The number of rotatable bonds is 4. The zero-order valence-corrected chi connectivity index (χ0v) is 16.4. The van der Waals surface area contributed by atoms with Gasteiger partial charge < -0.3 is 14.7 Å². The number of aromatic nitrogens is 2. The van der Waals surface area contributed by atoms with Gasteiger partial charge in [0.1, 0.15) is 5.82 Å². The lowest BCUT2D eigenvalue weighted by molar-refractivity contribution is -0.135. The molecule has 1 atom stereocenters. The molecule has 1 spiro atoms. The SMILES string of the molecule is CCCN1CCC2(CCN(c3nc(N(C)C)nc4c3CCCC4)C2)C1=O. The number of hydrogen-bond acceptors (Lipinski definition) is 5. The number of aryl methyl sites for hydroxylation is 1. The Morgan fingerprint density at radius 1 is 1.12 bits per heavy atom. The van der Waals surface area contributed by atoms with E-state index < -0.39 is 0 Å². The highest BCUT2D eigenvalue weighted by atomic mass is 16.2.